The molecule has 1 aliphatic rings. The lowest BCUT2D eigenvalue weighted by molar-refractivity contribution is 0.241. The van der Waals surface area contributed by atoms with Crippen molar-refractivity contribution in [3.05, 3.63) is 29.6 Å². The zero-order valence-electron chi connectivity index (χ0n) is 11.2. The van der Waals surface area contributed by atoms with Crippen LogP contribution in [-0.2, 0) is 6.42 Å². The van der Waals surface area contributed by atoms with Crippen LogP contribution in [0.3, 0.4) is 0 Å². The second kappa shape index (κ2) is 5.27. The van der Waals surface area contributed by atoms with Gasteiger partial charge in [0.05, 0.1) is 7.11 Å². The minimum atomic E-state index is -0.261. The number of ether oxygens (including phenoxy) is 1. The van der Waals surface area contributed by atoms with E-state index in [1.54, 1.807) is 6.07 Å². The van der Waals surface area contributed by atoms with Crippen molar-refractivity contribution in [2.75, 3.05) is 7.11 Å². The number of halogens is 1. The normalized spacial score (nSPS) is 28.1. The molecule has 1 aromatic rings. The highest BCUT2D eigenvalue weighted by molar-refractivity contribution is 5.32. The van der Waals surface area contributed by atoms with Crippen molar-refractivity contribution in [1.29, 1.82) is 0 Å². The van der Waals surface area contributed by atoms with Crippen molar-refractivity contribution in [2.45, 2.75) is 44.6 Å². The lowest BCUT2D eigenvalue weighted by Crippen LogP contribution is -2.45. The van der Waals surface area contributed by atoms with Gasteiger partial charge in [-0.1, -0.05) is 19.1 Å². The Morgan fingerprint density at radius 1 is 1.39 bits per heavy atom. The molecule has 1 fully saturated rings. The van der Waals surface area contributed by atoms with E-state index in [-0.39, 0.29) is 11.4 Å². The van der Waals surface area contributed by atoms with E-state index in [1.165, 1.54) is 7.11 Å². The molecule has 0 unspecified atom stereocenters. The zero-order valence-corrected chi connectivity index (χ0v) is 11.2. The van der Waals surface area contributed by atoms with E-state index >= 15 is 0 Å². The minimum Gasteiger partial charge on any atom is -0.494 e. The maximum absolute atomic E-state index is 14.1. The predicted molar refractivity (Wildman–Crippen MR) is 71.2 cm³/mol. The van der Waals surface area contributed by atoms with Gasteiger partial charge < -0.3 is 10.5 Å². The fraction of sp³-hybridized carbons (Fsp3) is 0.600. The van der Waals surface area contributed by atoms with E-state index in [1.807, 2.05) is 12.1 Å². The van der Waals surface area contributed by atoms with Gasteiger partial charge in [0.25, 0.3) is 0 Å². The molecule has 18 heavy (non-hydrogen) atoms. The molecule has 0 radical (unpaired) electrons. The Hall–Kier alpha value is -1.09. The molecule has 1 saturated carbocycles. The van der Waals surface area contributed by atoms with Crippen LogP contribution in [0.4, 0.5) is 4.39 Å². The van der Waals surface area contributed by atoms with Gasteiger partial charge in [0.2, 0.25) is 0 Å². The first-order valence-electron chi connectivity index (χ1n) is 6.64. The van der Waals surface area contributed by atoms with Crippen LogP contribution in [0.25, 0.3) is 0 Å². The number of nitrogens with two attached hydrogens (primary N) is 1. The first-order valence-corrected chi connectivity index (χ1v) is 6.64. The Morgan fingerprint density at radius 2 is 2.06 bits per heavy atom. The van der Waals surface area contributed by atoms with Gasteiger partial charge in [0.15, 0.2) is 11.6 Å². The first-order chi connectivity index (χ1) is 8.54. The number of hydrogen-bond acceptors (Lipinski definition) is 2. The van der Waals surface area contributed by atoms with Crippen LogP contribution in [-0.4, -0.2) is 12.6 Å². The van der Waals surface area contributed by atoms with Crippen molar-refractivity contribution in [1.82, 2.24) is 0 Å². The monoisotopic (exact) mass is 251 g/mol. The van der Waals surface area contributed by atoms with Gasteiger partial charge in [0, 0.05) is 5.54 Å². The molecule has 0 saturated heterocycles. The topological polar surface area (TPSA) is 35.2 Å². The Bertz CT molecular complexity index is 411. The Kier molecular flexibility index (Phi) is 3.91. The van der Waals surface area contributed by atoms with Gasteiger partial charge in [-0.2, -0.15) is 0 Å². The van der Waals surface area contributed by atoms with Gasteiger partial charge >= 0.3 is 0 Å². The summed E-state index contributed by atoms with van der Waals surface area (Å²) in [4.78, 5) is 0. The van der Waals surface area contributed by atoms with Crippen molar-refractivity contribution in [3.63, 3.8) is 0 Å². The summed E-state index contributed by atoms with van der Waals surface area (Å²) < 4.78 is 19.1. The highest BCUT2D eigenvalue weighted by Gasteiger charge is 2.31. The number of benzene rings is 1. The Balaban J connectivity index is 2.14. The fourth-order valence-corrected chi connectivity index (χ4v) is 2.74. The van der Waals surface area contributed by atoms with E-state index in [4.69, 9.17) is 10.5 Å². The number of hydrogen-bond donors (Lipinski definition) is 1. The van der Waals surface area contributed by atoms with Crippen molar-refractivity contribution in [2.24, 2.45) is 11.7 Å². The van der Waals surface area contributed by atoms with Crippen LogP contribution < -0.4 is 10.5 Å². The van der Waals surface area contributed by atoms with Crippen LogP contribution in [0.15, 0.2) is 18.2 Å². The molecule has 0 amide bonds. The van der Waals surface area contributed by atoms with Crippen LogP contribution in [0.2, 0.25) is 0 Å². The molecule has 2 rings (SSSR count). The van der Waals surface area contributed by atoms with Crippen molar-refractivity contribution >= 4 is 0 Å². The van der Waals surface area contributed by atoms with Gasteiger partial charge in [-0.05, 0) is 49.7 Å². The molecule has 2 nitrogen and oxygen atoms in total. The van der Waals surface area contributed by atoms with E-state index in [2.05, 4.69) is 6.92 Å². The minimum absolute atomic E-state index is 0.250. The maximum Gasteiger partial charge on any atom is 0.168 e. The second-order valence-corrected chi connectivity index (χ2v) is 5.66. The van der Waals surface area contributed by atoms with Crippen molar-refractivity contribution < 1.29 is 9.13 Å². The summed E-state index contributed by atoms with van der Waals surface area (Å²) in [6.07, 6.45) is 4.84. The number of rotatable bonds is 3. The predicted octanol–water partition coefficient (Wildman–Crippen LogP) is 3.28. The molecule has 0 spiro atoms. The quantitative estimate of drug-likeness (QED) is 0.894. The third kappa shape index (κ3) is 2.83. The summed E-state index contributed by atoms with van der Waals surface area (Å²) in [6, 6.07) is 5.28. The highest BCUT2D eigenvalue weighted by Crippen LogP contribution is 2.33. The molecule has 0 atom stereocenters. The van der Waals surface area contributed by atoms with E-state index in [0.717, 1.165) is 31.6 Å². The second-order valence-electron chi connectivity index (χ2n) is 5.66. The zero-order chi connectivity index (χ0) is 13.2. The average Bonchev–Trinajstić information content (AvgIpc) is 2.36. The van der Waals surface area contributed by atoms with Crippen LogP contribution >= 0.6 is 0 Å². The molecule has 0 aromatic heterocycles. The molecule has 1 aliphatic carbocycles. The summed E-state index contributed by atoms with van der Waals surface area (Å²) in [5.74, 6) is 0.792. The van der Waals surface area contributed by atoms with Crippen molar-refractivity contribution in [3.8, 4) is 5.75 Å². The third-order valence-corrected chi connectivity index (χ3v) is 4.08. The fourth-order valence-electron chi connectivity index (χ4n) is 2.74. The Labute approximate surface area is 108 Å². The van der Waals surface area contributed by atoms with Gasteiger partial charge in [-0.25, -0.2) is 4.39 Å². The van der Waals surface area contributed by atoms with E-state index < -0.39 is 0 Å². The molecule has 2 N–H and O–H groups in total. The average molecular weight is 251 g/mol. The third-order valence-electron chi connectivity index (χ3n) is 4.08. The molecule has 1 aromatic carbocycles. The summed E-state index contributed by atoms with van der Waals surface area (Å²) in [5, 5.41) is 0. The molecular weight excluding hydrogens is 229 g/mol. The van der Waals surface area contributed by atoms with Gasteiger partial charge in [0.1, 0.15) is 0 Å². The maximum atomic E-state index is 14.1. The summed E-state index contributed by atoms with van der Waals surface area (Å²) in [6.45, 7) is 2.26. The Morgan fingerprint density at radius 3 is 2.67 bits per heavy atom. The van der Waals surface area contributed by atoms with Gasteiger partial charge in [-0.15, -0.1) is 0 Å². The molecule has 0 heterocycles. The van der Waals surface area contributed by atoms with Crippen LogP contribution in [0, 0.1) is 11.7 Å². The summed E-state index contributed by atoms with van der Waals surface area (Å²) >= 11 is 0. The lowest BCUT2D eigenvalue weighted by atomic mass is 9.74. The largest absolute Gasteiger partial charge is 0.494 e. The highest BCUT2D eigenvalue weighted by atomic mass is 19.1. The van der Waals surface area contributed by atoms with Crippen LogP contribution in [0.5, 0.6) is 5.75 Å². The molecule has 0 aliphatic heterocycles. The SMILES string of the molecule is COc1cccc(CC2(N)CCC(C)CC2)c1F. The molecule has 100 valence electrons. The first kappa shape index (κ1) is 13.3. The smallest absolute Gasteiger partial charge is 0.168 e. The van der Waals surface area contributed by atoms with Crippen LogP contribution in [0.1, 0.15) is 38.2 Å². The van der Waals surface area contributed by atoms with Gasteiger partial charge in [-0.3, -0.25) is 0 Å². The summed E-state index contributed by atoms with van der Waals surface area (Å²) in [7, 11) is 1.49. The van der Waals surface area contributed by atoms with E-state index in [0.29, 0.717) is 17.7 Å². The molecule has 3 heteroatoms. The summed E-state index contributed by atoms with van der Waals surface area (Å²) in [5.41, 5.74) is 6.83. The molecular formula is C15H22FNO. The lowest BCUT2D eigenvalue weighted by Gasteiger charge is -2.36. The molecule has 0 bridgehead atoms. The van der Waals surface area contributed by atoms with E-state index in [9.17, 15) is 4.39 Å². The standard InChI is InChI=1S/C15H22FNO/c1-11-6-8-15(17,9-7-11)10-12-4-3-5-13(18-2)14(12)16/h3-5,11H,6-10,17H2,1-2H3. The number of methoxy groups -OCH3 is 1.